The molecule has 4 nitrogen and oxygen atoms in total. The van der Waals surface area contributed by atoms with Gasteiger partial charge in [-0.1, -0.05) is 23.2 Å². The molecule has 1 aromatic rings. The normalized spacial score (nSPS) is 31.5. The number of carbonyl (C=O) groups excluding carboxylic acids is 1. The smallest absolute Gasteiger partial charge is 0.253 e. The lowest BCUT2D eigenvalue weighted by Crippen LogP contribution is -2.56. The Bertz CT molecular complexity index is 699. The molecule has 1 saturated carbocycles. The van der Waals surface area contributed by atoms with Gasteiger partial charge in [-0.15, -0.1) is 0 Å². The number of hydrogen-bond acceptors (Lipinski definition) is 3. The van der Waals surface area contributed by atoms with Crippen molar-refractivity contribution in [2.75, 3.05) is 33.4 Å². The van der Waals surface area contributed by atoms with Crippen molar-refractivity contribution in [2.24, 2.45) is 5.41 Å². The van der Waals surface area contributed by atoms with Crippen LogP contribution in [0.4, 0.5) is 0 Å². The van der Waals surface area contributed by atoms with Crippen LogP contribution in [0.1, 0.15) is 48.9 Å². The molecule has 1 aromatic carbocycles. The van der Waals surface area contributed by atoms with Gasteiger partial charge in [-0.3, -0.25) is 9.69 Å². The molecule has 3 unspecified atom stereocenters. The predicted molar refractivity (Wildman–Crippen MR) is 109 cm³/mol. The molecule has 0 N–H and O–H groups in total. The Kier molecular flexibility index (Phi) is 5.71. The minimum absolute atomic E-state index is 0.0291. The zero-order valence-electron chi connectivity index (χ0n) is 15.9. The summed E-state index contributed by atoms with van der Waals surface area (Å²) in [6.07, 6.45) is 6.99. The number of hydrogen-bond donors (Lipinski definition) is 0. The second-order valence-corrected chi connectivity index (χ2v) is 9.28. The van der Waals surface area contributed by atoms with Crippen molar-refractivity contribution in [3.05, 3.63) is 33.8 Å². The summed E-state index contributed by atoms with van der Waals surface area (Å²) < 4.78 is 5.76. The second-order valence-electron chi connectivity index (χ2n) is 8.47. The summed E-state index contributed by atoms with van der Waals surface area (Å²) >= 11 is 12.2. The molecular weight excluding hydrogens is 383 g/mol. The lowest BCUT2D eigenvalue weighted by molar-refractivity contribution is 0.0105. The molecule has 1 spiro atoms. The van der Waals surface area contributed by atoms with Gasteiger partial charge >= 0.3 is 0 Å². The lowest BCUT2D eigenvalue weighted by Gasteiger charge is -2.48. The van der Waals surface area contributed by atoms with E-state index in [0.29, 0.717) is 27.1 Å². The van der Waals surface area contributed by atoms with Gasteiger partial charge in [0, 0.05) is 31.3 Å². The van der Waals surface area contributed by atoms with Crippen LogP contribution in [0.2, 0.25) is 10.0 Å². The summed E-state index contributed by atoms with van der Waals surface area (Å²) in [6, 6.07) is 5.81. The van der Waals surface area contributed by atoms with Crippen molar-refractivity contribution in [1.82, 2.24) is 9.80 Å². The standard InChI is InChI=1S/C21H28Cl2N2O2/c1-24(20(26)15-4-5-16(22)17(23)12-15)18-6-7-21(8-11-27-14-21)13-19(18)25-9-2-3-10-25/h4-5,12,18-19H,2-3,6-11,13-14H2,1H3. The van der Waals surface area contributed by atoms with E-state index in [0.717, 1.165) is 52.0 Å². The summed E-state index contributed by atoms with van der Waals surface area (Å²) in [5.74, 6) is 0.0291. The largest absolute Gasteiger partial charge is 0.381 e. The quantitative estimate of drug-likeness (QED) is 0.735. The van der Waals surface area contributed by atoms with Crippen molar-refractivity contribution < 1.29 is 9.53 Å². The zero-order chi connectivity index (χ0) is 19.0. The number of halogens is 2. The van der Waals surface area contributed by atoms with Crippen LogP contribution in [-0.2, 0) is 4.74 Å². The molecule has 27 heavy (non-hydrogen) atoms. The molecule has 2 heterocycles. The minimum Gasteiger partial charge on any atom is -0.381 e. The van der Waals surface area contributed by atoms with Crippen molar-refractivity contribution in [3.8, 4) is 0 Å². The molecular formula is C21H28Cl2N2O2. The van der Waals surface area contributed by atoms with Crippen LogP contribution in [0.5, 0.6) is 0 Å². The van der Waals surface area contributed by atoms with Gasteiger partial charge in [-0.05, 0) is 75.2 Å². The van der Waals surface area contributed by atoms with E-state index >= 15 is 0 Å². The molecule has 0 radical (unpaired) electrons. The molecule has 2 aliphatic heterocycles. The van der Waals surface area contributed by atoms with Crippen LogP contribution in [-0.4, -0.2) is 61.1 Å². The van der Waals surface area contributed by atoms with Gasteiger partial charge in [0.2, 0.25) is 0 Å². The van der Waals surface area contributed by atoms with E-state index < -0.39 is 0 Å². The van der Waals surface area contributed by atoms with Gasteiger partial charge in [0.05, 0.1) is 16.7 Å². The van der Waals surface area contributed by atoms with Crippen LogP contribution in [0.3, 0.4) is 0 Å². The number of rotatable bonds is 3. The monoisotopic (exact) mass is 410 g/mol. The van der Waals surface area contributed by atoms with E-state index in [1.807, 2.05) is 11.9 Å². The number of amides is 1. The third-order valence-electron chi connectivity index (χ3n) is 6.84. The topological polar surface area (TPSA) is 32.8 Å². The van der Waals surface area contributed by atoms with Crippen LogP contribution >= 0.6 is 23.2 Å². The molecule has 4 rings (SSSR count). The Morgan fingerprint density at radius 1 is 1.22 bits per heavy atom. The molecule has 1 aliphatic carbocycles. The number of likely N-dealkylation sites (tertiary alicyclic amines) is 1. The molecule has 6 heteroatoms. The number of ether oxygens (including phenoxy) is 1. The van der Waals surface area contributed by atoms with Crippen molar-refractivity contribution in [2.45, 2.75) is 50.6 Å². The lowest BCUT2D eigenvalue weighted by atomic mass is 9.69. The summed E-state index contributed by atoms with van der Waals surface area (Å²) in [7, 11) is 1.95. The van der Waals surface area contributed by atoms with E-state index in [9.17, 15) is 4.79 Å². The molecule has 1 amide bonds. The Balaban J connectivity index is 1.55. The van der Waals surface area contributed by atoms with E-state index in [2.05, 4.69) is 4.90 Å². The van der Waals surface area contributed by atoms with Crippen molar-refractivity contribution in [1.29, 1.82) is 0 Å². The zero-order valence-corrected chi connectivity index (χ0v) is 17.4. The maximum absolute atomic E-state index is 13.2. The summed E-state index contributed by atoms with van der Waals surface area (Å²) in [4.78, 5) is 17.7. The van der Waals surface area contributed by atoms with Gasteiger partial charge in [0.25, 0.3) is 5.91 Å². The average molecular weight is 411 g/mol. The third-order valence-corrected chi connectivity index (χ3v) is 7.57. The van der Waals surface area contributed by atoms with Gasteiger partial charge in [-0.2, -0.15) is 0 Å². The molecule has 3 atom stereocenters. The Hall–Kier alpha value is -0.810. The molecule has 3 fully saturated rings. The summed E-state index contributed by atoms with van der Waals surface area (Å²) in [5, 5.41) is 0.907. The fraction of sp³-hybridized carbons (Fsp3) is 0.667. The number of carbonyl (C=O) groups is 1. The number of benzene rings is 1. The SMILES string of the molecule is CN(C(=O)c1ccc(Cl)c(Cl)c1)C1CCC2(CCOC2)CC1N1CCCC1. The third kappa shape index (κ3) is 3.87. The van der Waals surface area contributed by atoms with E-state index in [1.165, 1.54) is 12.8 Å². The van der Waals surface area contributed by atoms with Crippen LogP contribution in [0.25, 0.3) is 0 Å². The maximum atomic E-state index is 13.2. The van der Waals surface area contributed by atoms with E-state index in [4.69, 9.17) is 27.9 Å². The summed E-state index contributed by atoms with van der Waals surface area (Å²) in [5.41, 5.74) is 0.925. The van der Waals surface area contributed by atoms with Gasteiger partial charge in [-0.25, -0.2) is 0 Å². The highest BCUT2D eigenvalue weighted by atomic mass is 35.5. The fourth-order valence-corrected chi connectivity index (χ4v) is 5.51. The Morgan fingerprint density at radius 2 is 2.00 bits per heavy atom. The minimum atomic E-state index is 0.0291. The first kappa shape index (κ1) is 19.5. The maximum Gasteiger partial charge on any atom is 0.253 e. The predicted octanol–water partition coefficient (Wildman–Crippen LogP) is 4.49. The van der Waals surface area contributed by atoms with Crippen LogP contribution < -0.4 is 0 Å². The highest BCUT2D eigenvalue weighted by Crippen LogP contribution is 2.46. The van der Waals surface area contributed by atoms with E-state index in [1.54, 1.807) is 18.2 Å². The highest BCUT2D eigenvalue weighted by Gasteiger charge is 2.47. The van der Waals surface area contributed by atoms with Crippen molar-refractivity contribution in [3.63, 3.8) is 0 Å². The molecule has 0 bridgehead atoms. The van der Waals surface area contributed by atoms with Gasteiger partial charge in [0.15, 0.2) is 0 Å². The first-order valence-corrected chi connectivity index (χ1v) is 10.8. The number of nitrogens with zero attached hydrogens (tertiary/aromatic N) is 2. The average Bonchev–Trinajstić information content (AvgIpc) is 3.35. The Morgan fingerprint density at radius 3 is 2.67 bits per heavy atom. The molecule has 3 aliphatic rings. The van der Waals surface area contributed by atoms with Gasteiger partial charge < -0.3 is 9.64 Å². The first-order chi connectivity index (χ1) is 13.0. The van der Waals surface area contributed by atoms with Crippen LogP contribution in [0, 0.1) is 5.41 Å². The molecule has 148 valence electrons. The van der Waals surface area contributed by atoms with Crippen molar-refractivity contribution >= 4 is 29.1 Å². The molecule has 2 saturated heterocycles. The first-order valence-electron chi connectivity index (χ1n) is 10.0. The number of likely N-dealkylation sites (N-methyl/N-ethyl adjacent to an activating group) is 1. The van der Waals surface area contributed by atoms with E-state index in [-0.39, 0.29) is 11.9 Å². The molecule has 0 aromatic heterocycles. The van der Waals surface area contributed by atoms with Crippen LogP contribution in [0.15, 0.2) is 18.2 Å². The second kappa shape index (κ2) is 7.90. The summed E-state index contributed by atoms with van der Waals surface area (Å²) in [6.45, 7) is 4.06. The Labute approximate surface area is 171 Å². The fourth-order valence-electron chi connectivity index (χ4n) is 5.22. The highest BCUT2D eigenvalue weighted by molar-refractivity contribution is 6.42. The van der Waals surface area contributed by atoms with Gasteiger partial charge in [0.1, 0.15) is 0 Å².